The number of hydrogen-bond donors (Lipinski definition) is 1. The average molecular weight is 378 g/mol. The van der Waals surface area contributed by atoms with E-state index in [1.54, 1.807) is 4.90 Å². The highest BCUT2D eigenvalue weighted by Crippen LogP contribution is 2.24. The van der Waals surface area contributed by atoms with Crippen LogP contribution in [0.3, 0.4) is 0 Å². The molecule has 1 aromatic rings. The van der Waals surface area contributed by atoms with Crippen molar-refractivity contribution in [3.05, 3.63) is 34.9 Å². The lowest BCUT2D eigenvalue weighted by molar-refractivity contribution is -0.138. The second-order valence-corrected chi connectivity index (χ2v) is 7.88. The number of piperazine rings is 1. The van der Waals surface area contributed by atoms with Crippen LogP contribution < -0.4 is 5.32 Å². The second kappa shape index (κ2) is 8.76. The summed E-state index contributed by atoms with van der Waals surface area (Å²) in [6, 6.07) is 7.90. The normalized spacial score (nSPS) is 20.2. The maximum Gasteiger partial charge on any atom is 0.317 e. The molecule has 2 fully saturated rings. The van der Waals surface area contributed by atoms with E-state index >= 15 is 0 Å². The number of nitrogens with zero attached hydrogens (tertiary/aromatic N) is 2. The summed E-state index contributed by atoms with van der Waals surface area (Å²) in [5, 5.41) is 3.67. The summed E-state index contributed by atoms with van der Waals surface area (Å²) >= 11 is 5.91. The molecule has 1 N–H and O–H groups in total. The predicted molar refractivity (Wildman–Crippen MR) is 103 cm³/mol. The first-order valence-electron chi connectivity index (χ1n) is 9.62. The molecule has 0 bridgehead atoms. The van der Waals surface area contributed by atoms with Gasteiger partial charge in [-0.2, -0.15) is 0 Å². The van der Waals surface area contributed by atoms with Crippen LogP contribution in [0.4, 0.5) is 4.79 Å². The zero-order chi connectivity index (χ0) is 18.5. The third-order valence-electron chi connectivity index (χ3n) is 5.56. The van der Waals surface area contributed by atoms with Crippen LogP contribution in [0.5, 0.6) is 0 Å². The molecule has 0 unspecified atom stereocenters. The first kappa shape index (κ1) is 19.0. The van der Waals surface area contributed by atoms with Gasteiger partial charge in [-0.25, -0.2) is 4.79 Å². The van der Waals surface area contributed by atoms with Crippen molar-refractivity contribution < 1.29 is 9.59 Å². The summed E-state index contributed by atoms with van der Waals surface area (Å²) < 4.78 is 0. The number of halogens is 1. The van der Waals surface area contributed by atoms with E-state index in [1.165, 1.54) is 19.3 Å². The lowest BCUT2D eigenvalue weighted by Gasteiger charge is -2.40. The predicted octanol–water partition coefficient (Wildman–Crippen LogP) is 3.63. The molecular formula is C20H28ClN3O2. The van der Waals surface area contributed by atoms with E-state index in [0.29, 0.717) is 30.7 Å². The minimum atomic E-state index is -0.151. The summed E-state index contributed by atoms with van der Waals surface area (Å²) in [6.07, 6.45) is 5.91. The number of benzene rings is 1. The van der Waals surface area contributed by atoms with Crippen molar-refractivity contribution in [3.63, 3.8) is 0 Å². The molecule has 0 radical (unpaired) electrons. The van der Waals surface area contributed by atoms with Crippen molar-refractivity contribution in [1.82, 2.24) is 15.1 Å². The highest BCUT2D eigenvalue weighted by atomic mass is 35.5. The van der Waals surface area contributed by atoms with Gasteiger partial charge in [-0.15, -0.1) is 0 Å². The lowest BCUT2D eigenvalue weighted by Crippen LogP contribution is -2.57. The topological polar surface area (TPSA) is 52.7 Å². The highest BCUT2D eigenvalue weighted by Gasteiger charge is 2.32. The minimum absolute atomic E-state index is 0.0871. The molecule has 1 heterocycles. The Hall–Kier alpha value is -1.75. The third kappa shape index (κ3) is 4.70. The van der Waals surface area contributed by atoms with Gasteiger partial charge in [-0.05, 0) is 36.5 Å². The number of carbonyl (C=O) groups excluding carboxylic acids is 2. The maximum atomic E-state index is 12.5. The Labute approximate surface area is 160 Å². The van der Waals surface area contributed by atoms with Crippen molar-refractivity contribution in [1.29, 1.82) is 0 Å². The van der Waals surface area contributed by atoms with Crippen LogP contribution in [0, 0.1) is 0 Å². The van der Waals surface area contributed by atoms with Crippen molar-refractivity contribution in [2.24, 2.45) is 0 Å². The molecule has 1 aliphatic carbocycles. The Morgan fingerprint density at radius 2 is 1.88 bits per heavy atom. The van der Waals surface area contributed by atoms with E-state index in [1.807, 2.05) is 29.2 Å². The Bertz CT molecular complexity index is 628. The molecular weight excluding hydrogens is 350 g/mol. The van der Waals surface area contributed by atoms with Gasteiger partial charge in [0.15, 0.2) is 0 Å². The fourth-order valence-electron chi connectivity index (χ4n) is 3.90. The third-order valence-corrected chi connectivity index (χ3v) is 5.81. The molecule has 142 valence electrons. The molecule has 1 aromatic carbocycles. The Morgan fingerprint density at radius 3 is 2.54 bits per heavy atom. The smallest absolute Gasteiger partial charge is 0.317 e. The molecule has 2 aliphatic rings. The van der Waals surface area contributed by atoms with Gasteiger partial charge >= 0.3 is 6.03 Å². The zero-order valence-electron chi connectivity index (χ0n) is 15.4. The van der Waals surface area contributed by atoms with E-state index < -0.39 is 0 Å². The monoisotopic (exact) mass is 377 g/mol. The van der Waals surface area contributed by atoms with Gasteiger partial charge < -0.3 is 15.1 Å². The van der Waals surface area contributed by atoms with Gasteiger partial charge in [0.05, 0.1) is 0 Å². The minimum Gasteiger partial charge on any atom is -0.337 e. The highest BCUT2D eigenvalue weighted by molar-refractivity contribution is 6.30. The number of urea groups is 1. The van der Waals surface area contributed by atoms with Crippen LogP contribution in [0.1, 0.15) is 50.5 Å². The standard InChI is InChI=1S/C20H28ClN3O2/c1-15(16-7-9-17(21)10-8-16)13-22-20(26)23-11-12-24(19(25)14-23)18-5-3-2-4-6-18/h7-10,15,18H,2-6,11-14H2,1H3,(H,22,26)/t15-/m1/s1. The molecule has 26 heavy (non-hydrogen) atoms. The van der Waals surface area contributed by atoms with Crippen LogP contribution in [-0.4, -0.2) is 54.0 Å². The van der Waals surface area contributed by atoms with Crippen LogP contribution in [-0.2, 0) is 4.79 Å². The van der Waals surface area contributed by atoms with Crippen molar-refractivity contribution in [2.75, 3.05) is 26.2 Å². The molecule has 3 amide bonds. The first-order valence-corrected chi connectivity index (χ1v) is 10.00. The molecule has 1 saturated carbocycles. The fraction of sp³-hybridized carbons (Fsp3) is 0.600. The van der Waals surface area contributed by atoms with Gasteiger partial charge in [0.2, 0.25) is 5.91 Å². The fourth-order valence-corrected chi connectivity index (χ4v) is 4.03. The van der Waals surface area contributed by atoms with Crippen LogP contribution >= 0.6 is 11.6 Å². The summed E-state index contributed by atoms with van der Waals surface area (Å²) in [5.41, 5.74) is 1.13. The molecule has 5 nitrogen and oxygen atoms in total. The Morgan fingerprint density at radius 1 is 1.19 bits per heavy atom. The molecule has 0 spiro atoms. The number of rotatable bonds is 4. The summed E-state index contributed by atoms with van der Waals surface area (Å²) in [4.78, 5) is 28.6. The van der Waals surface area contributed by atoms with Gasteiger partial charge in [0, 0.05) is 30.7 Å². The van der Waals surface area contributed by atoms with Gasteiger partial charge in [0.25, 0.3) is 0 Å². The van der Waals surface area contributed by atoms with E-state index in [-0.39, 0.29) is 24.4 Å². The maximum absolute atomic E-state index is 12.5. The summed E-state index contributed by atoms with van der Waals surface area (Å²) in [6.45, 7) is 4.07. The molecule has 1 saturated heterocycles. The molecule has 0 aromatic heterocycles. The average Bonchev–Trinajstić information content (AvgIpc) is 2.67. The number of nitrogens with one attached hydrogen (secondary N) is 1. The molecule has 3 rings (SSSR count). The van der Waals surface area contributed by atoms with Gasteiger partial charge in [0.1, 0.15) is 6.54 Å². The first-order chi connectivity index (χ1) is 12.5. The lowest BCUT2D eigenvalue weighted by atomic mass is 9.93. The summed E-state index contributed by atoms with van der Waals surface area (Å²) in [7, 11) is 0. The Kier molecular flexibility index (Phi) is 6.41. The van der Waals surface area contributed by atoms with E-state index in [4.69, 9.17) is 11.6 Å². The number of amides is 3. The van der Waals surface area contributed by atoms with Crippen molar-refractivity contribution in [2.45, 2.75) is 51.0 Å². The van der Waals surface area contributed by atoms with Gasteiger partial charge in [-0.3, -0.25) is 4.79 Å². The van der Waals surface area contributed by atoms with Crippen LogP contribution in [0.15, 0.2) is 24.3 Å². The van der Waals surface area contributed by atoms with E-state index in [0.717, 1.165) is 18.4 Å². The van der Waals surface area contributed by atoms with Crippen LogP contribution in [0.25, 0.3) is 0 Å². The van der Waals surface area contributed by atoms with E-state index in [9.17, 15) is 9.59 Å². The SMILES string of the molecule is C[C@H](CNC(=O)N1CCN(C2CCCCC2)C(=O)C1)c1ccc(Cl)cc1. The summed E-state index contributed by atoms with van der Waals surface area (Å²) in [5.74, 6) is 0.277. The molecule has 1 aliphatic heterocycles. The van der Waals surface area contributed by atoms with E-state index in [2.05, 4.69) is 12.2 Å². The largest absolute Gasteiger partial charge is 0.337 e. The second-order valence-electron chi connectivity index (χ2n) is 7.44. The zero-order valence-corrected chi connectivity index (χ0v) is 16.2. The van der Waals surface area contributed by atoms with Crippen LogP contribution in [0.2, 0.25) is 5.02 Å². The quantitative estimate of drug-likeness (QED) is 0.871. The van der Waals surface area contributed by atoms with Crippen molar-refractivity contribution >= 4 is 23.5 Å². The molecule has 1 atom stereocenters. The van der Waals surface area contributed by atoms with Crippen molar-refractivity contribution in [3.8, 4) is 0 Å². The number of hydrogen-bond acceptors (Lipinski definition) is 2. The Balaban J connectivity index is 1.46. The number of carbonyl (C=O) groups is 2. The molecule has 6 heteroatoms. The van der Waals surface area contributed by atoms with Gasteiger partial charge in [-0.1, -0.05) is 49.9 Å².